The van der Waals surface area contributed by atoms with Crippen LogP contribution in [0.1, 0.15) is 47.4 Å². The Morgan fingerprint density at radius 3 is 2.10 bits per heavy atom. The molecule has 1 atom stereocenters. The highest BCUT2D eigenvalue weighted by molar-refractivity contribution is 5.78. The summed E-state index contributed by atoms with van der Waals surface area (Å²) in [7, 11) is 0. The topological polar surface area (TPSA) is 30.5 Å². The van der Waals surface area contributed by atoms with Gasteiger partial charge in [-0.1, -0.05) is 72.8 Å². The van der Waals surface area contributed by atoms with Crippen molar-refractivity contribution in [2.45, 2.75) is 44.4 Å². The van der Waals surface area contributed by atoms with E-state index in [4.69, 9.17) is 9.57 Å². The molecule has 1 fully saturated rings. The summed E-state index contributed by atoms with van der Waals surface area (Å²) in [6.07, 6.45) is 4.20. The first-order chi connectivity index (χ1) is 14.4. The van der Waals surface area contributed by atoms with Gasteiger partial charge in [-0.15, -0.1) is 0 Å². The number of hydroxylamine groups is 1. The summed E-state index contributed by atoms with van der Waals surface area (Å²) in [5.74, 6) is 0.429. The second kappa shape index (κ2) is 8.50. The maximum absolute atomic E-state index is 5.63. The monoisotopic (exact) mass is 385 g/mol. The summed E-state index contributed by atoms with van der Waals surface area (Å²) in [6, 6.07) is 26.5. The smallest absolute Gasteiger partial charge is 0.177 e. The molecule has 0 bridgehead atoms. The van der Waals surface area contributed by atoms with E-state index in [1.54, 1.807) is 0 Å². The van der Waals surface area contributed by atoms with Gasteiger partial charge in [0.1, 0.15) is 0 Å². The maximum Gasteiger partial charge on any atom is 0.177 e. The van der Waals surface area contributed by atoms with Crippen molar-refractivity contribution in [1.29, 1.82) is 0 Å². The molecule has 0 amide bonds. The third-order valence-electron chi connectivity index (χ3n) is 6.05. The maximum atomic E-state index is 5.63. The number of hydrogen-bond acceptors (Lipinski definition) is 3. The van der Waals surface area contributed by atoms with Gasteiger partial charge in [-0.2, -0.15) is 5.48 Å². The molecule has 5 rings (SSSR count). The Kier molecular flexibility index (Phi) is 5.44. The van der Waals surface area contributed by atoms with Crippen LogP contribution in [-0.4, -0.2) is 12.9 Å². The molecule has 3 heteroatoms. The molecule has 1 N–H and O–H groups in total. The molecule has 3 aromatic carbocycles. The molecule has 3 aromatic rings. The Morgan fingerprint density at radius 2 is 1.45 bits per heavy atom. The van der Waals surface area contributed by atoms with Gasteiger partial charge >= 0.3 is 0 Å². The lowest BCUT2D eigenvalue weighted by Crippen LogP contribution is -2.29. The predicted octanol–water partition coefficient (Wildman–Crippen LogP) is 5.59. The molecule has 148 valence electrons. The van der Waals surface area contributed by atoms with E-state index in [2.05, 4.69) is 78.3 Å². The number of ether oxygens (including phenoxy) is 1. The molecular weight excluding hydrogens is 358 g/mol. The third-order valence-corrected chi connectivity index (χ3v) is 6.05. The highest BCUT2D eigenvalue weighted by atomic mass is 16.8. The fourth-order valence-corrected chi connectivity index (χ4v) is 4.53. The summed E-state index contributed by atoms with van der Waals surface area (Å²) >= 11 is 0. The molecular formula is C26H27NO2. The van der Waals surface area contributed by atoms with E-state index in [9.17, 15) is 0 Å². The minimum atomic E-state index is -0.106. The molecule has 1 aliphatic heterocycles. The Bertz CT molecular complexity index is 915. The van der Waals surface area contributed by atoms with Crippen LogP contribution in [0.5, 0.6) is 0 Å². The van der Waals surface area contributed by atoms with Crippen molar-refractivity contribution >= 4 is 0 Å². The van der Waals surface area contributed by atoms with E-state index < -0.39 is 0 Å². The molecule has 2 aliphatic rings. The van der Waals surface area contributed by atoms with E-state index in [-0.39, 0.29) is 6.29 Å². The second-order valence-electron chi connectivity index (χ2n) is 7.98. The summed E-state index contributed by atoms with van der Waals surface area (Å²) in [6.45, 7) is 1.49. The van der Waals surface area contributed by atoms with Crippen LogP contribution in [0.4, 0.5) is 0 Å². The standard InChI is InChI=1S/C26H27NO2/c1-3-9-23-21(7-1)22-8-2-4-10-24(22)25(23)17-19-12-14-20(15-13-19)18-27-29-26-11-5-6-16-28-26/h1-4,7-10,12-15,25-27H,5-6,11,16-18H2. The molecule has 1 unspecified atom stereocenters. The zero-order valence-electron chi connectivity index (χ0n) is 16.6. The van der Waals surface area contributed by atoms with E-state index >= 15 is 0 Å². The van der Waals surface area contributed by atoms with Crippen LogP contribution in [-0.2, 0) is 22.5 Å². The first-order valence-corrected chi connectivity index (χ1v) is 10.6. The molecule has 0 aromatic heterocycles. The summed E-state index contributed by atoms with van der Waals surface area (Å²) in [5, 5.41) is 0. The lowest BCUT2D eigenvalue weighted by atomic mass is 9.90. The zero-order valence-corrected chi connectivity index (χ0v) is 16.6. The van der Waals surface area contributed by atoms with Crippen molar-refractivity contribution in [3.63, 3.8) is 0 Å². The second-order valence-corrected chi connectivity index (χ2v) is 7.98. The molecule has 3 nitrogen and oxygen atoms in total. The van der Waals surface area contributed by atoms with Crippen LogP contribution < -0.4 is 5.48 Å². The van der Waals surface area contributed by atoms with Crippen LogP contribution in [0.2, 0.25) is 0 Å². The van der Waals surface area contributed by atoms with Crippen LogP contribution in [0, 0.1) is 0 Å². The predicted molar refractivity (Wildman–Crippen MR) is 115 cm³/mol. The molecule has 0 saturated carbocycles. The highest BCUT2D eigenvalue weighted by Crippen LogP contribution is 2.45. The van der Waals surface area contributed by atoms with Gasteiger partial charge in [-0.25, -0.2) is 0 Å². The number of hydrogen-bond donors (Lipinski definition) is 1. The van der Waals surface area contributed by atoms with Gasteiger partial charge in [0.2, 0.25) is 0 Å². The van der Waals surface area contributed by atoms with Gasteiger partial charge in [0.15, 0.2) is 6.29 Å². The number of benzene rings is 3. The van der Waals surface area contributed by atoms with Crippen molar-refractivity contribution in [2.75, 3.05) is 6.61 Å². The van der Waals surface area contributed by atoms with Crippen molar-refractivity contribution < 1.29 is 9.57 Å². The zero-order chi connectivity index (χ0) is 19.5. The third kappa shape index (κ3) is 3.99. The fraction of sp³-hybridized carbons (Fsp3) is 0.308. The molecule has 1 saturated heterocycles. The van der Waals surface area contributed by atoms with Crippen LogP contribution in [0.25, 0.3) is 11.1 Å². The van der Waals surface area contributed by atoms with E-state index in [0.29, 0.717) is 12.5 Å². The van der Waals surface area contributed by atoms with Crippen LogP contribution >= 0.6 is 0 Å². The Hall–Kier alpha value is -2.46. The van der Waals surface area contributed by atoms with Gasteiger partial charge < -0.3 is 4.74 Å². The molecule has 0 radical (unpaired) electrons. The summed E-state index contributed by atoms with van der Waals surface area (Å²) in [4.78, 5) is 5.63. The van der Waals surface area contributed by atoms with Gasteiger partial charge in [-0.05, 0) is 52.6 Å². The van der Waals surface area contributed by atoms with Crippen molar-refractivity contribution in [3.05, 3.63) is 95.1 Å². The van der Waals surface area contributed by atoms with Crippen LogP contribution in [0.3, 0.4) is 0 Å². The molecule has 0 spiro atoms. The van der Waals surface area contributed by atoms with E-state index in [1.165, 1.54) is 39.8 Å². The van der Waals surface area contributed by atoms with Gasteiger partial charge in [-0.3, -0.25) is 4.84 Å². The first kappa shape index (κ1) is 18.6. The van der Waals surface area contributed by atoms with E-state index in [0.717, 1.165) is 25.9 Å². The van der Waals surface area contributed by atoms with Crippen LogP contribution in [0.15, 0.2) is 72.8 Å². The van der Waals surface area contributed by atoms with Gasteiger partial charge in [0, 0.05) is 25.5 Å². The molecule has 29 heavy (non-hydrogen) atoms. The summed E-state index contributed by atoms with van der Waals surface area (Å²) in [5.41, 5.74) is 11.3. The Labute approximate surface area is 172 Å². The average Bonchev–Trinajstić information content (AvgIpc) is 3.10. The molecule has 1 heterocycles. The number of fused-ring (bicyclic) bond motifs is 3. The Morgan fingerprint density at radius 1 is 0.793 bits per heavy atom. The Balaban J connectivity index is 1.24. The quantitative estimate of drug-likeness (QED) is 0.561. The van der Waals surface area contributed by atoms with Crippen molar-refractivity contribution in [3.8, 4) is 11.1 Å². The lowest BCUT2D eigenvalue weighted by molar-refractivity contribution is -0.198. The van der Waals surface area contributed by atoms with Crippen molar-refractivity contribution in [1.82, 2.24) is 5.48 Å². The van der Waals surface area contributed by atoms with E-state index in [1.807, 2.05) is 0 Å². The number of rotatable bonds is 6. The van der Waals surface area contributed by atoms with Crippen molar-refractivity contribution in [2.24, 2.45) is 0 Å². The average molecular weight is 386 g/mol. The summed E-state index contributed by atoms with van der Waals surface area (Å²) < 4.78 is 5.58. The highest BCUT2D eigenvalue weighted by Gasteiger charge is 2.27. The van der Waals surface area contributed by atoms with Gasteiger partial charge in [0.05, 0.1) is 0 Å². The minimum Gasteiger partial charge on any atom is -0.351 e. The number of nitrogens with one attached hydrogen (secondary N) is 1. The molecule has 1 aliphatic carbocycles. The normalized spacial score (nSPS) is 18.4. The lowest BCUT2D eigenvalue weighted by Gasteiger charge is -2.22. The van der Waals surface area contributed by atoms with Gasteiger partial charge in [0.25, 0.3) is 0 Å². The SMILES string of the molecule is c1ccc2c(c1)-c1ccccc1C2Cc1ccc(CNOC2CCCCO2)cc1. The minimum absolute atomic E-state index is 0.106. The first-order valence-electron chi connectivity index (χ1n) is 10.6. The fourth-order valence-electron chi connectivity index (χ4n) is 4.53. The largest absolute Gasteiger partial charge is 0.351 e.